The molecule has 0 amide bonds. The Balaban J connectivity index is 2.49. The van der Waals surface area contributed by atoms with Gasteiger partial charge >= 0.3 is 0 Å². The predicted molar refractivity (Wildman–Crippen MR) is 82.5 cm³/mol. The highest BCUT2D eigenvalue weighted by Gasteiger charge is 2.18. The first-order chi connectivity index (χ1) is 11.0. The molecule has 2 aromatic rings. The van der Waals surface area contributed by atoms with Crippen LogP contribution in [0.1, 0.15) is 0 Å². The van der Waals surface area contributed by atoms with E-state index in [-0.39, 0.29) is 40.2 Å². The molecule has 124 valence electrons. The second-order valence-electron chi connectivity index (χ2n) is 4.46. The number of methoxy groups -OCH3 is 4. The summed E-state index contributed by atoms with van der Waals surface area (Å²) in [6.45, 7) is 0. The molecule has 23 heavy (non-hydrogen) atoms. The van der Waals surface area contributed by atoms with Crippen LogP contribution in [0.2, 0.25) is 0 Å². The fourth-order valence-electron chi connectivity index (χ4n) is 2.06. The number of ether oxygens (including phenoxy) is 5. The van der Waals surface area contributed by atoms with Crippen LogP contribution in [0.5, 0.6) is 46.0 Å². The maximum absolute atomic E-state index is 9.99. The summed E-state index contributed by atoms with van der Waals surface area (Å²) in [7, 11) is 5.74. The molecule has 0 atom stereocenters. The molecule has 2 rings (SSSR count). The largest absolute Gasteiger partial charge is 0.508 e. The number of phenols is 2. The molecule has 2 aromatic carbocycles. The first-order valence-corrected chi connectivity index (χ1v) is 6.61. The topological polar surface area (TPSA) is 86.6 Å². The first kappa shape index (κ1) is 16.4. The van der Waals surface area contributed by atoms with Crippen LogP contribution in [-0.2, 0) is 0 Å². The molecular weight excluding hydrogens is 304 g/mol. The standard InChI is InChI=1S/C16H18O7/c1-19-12-5-9(17)6-13(20-2)16(12)23-10-7-11(18)15(22-4)14(8-10)21-3/h5-8,17-18H,1-4H3. The average molecular weight is 322 g/mol. The monoisotopic (exact) mass is 322 g/mol. The van der Waals surface area contributed by atoms with Crippen molar-refractivity contribution in [3.63, 3.8) is 0 Å². The Morgan fingerprint density at radius 3 is 1.65 bits per heavy atom. The van der Waals surface area contributed by atoms with Gasteiger partial charge in [0.05, 0.1) is 28.4 Å². The van der Waals surface area contributed by atoms with E-state index in [1.54, 1.807) is 6.07 Å². The summed E-state index contributed by atoms with van der Waals surface area (Å²) in [6.07, 6.45) is 0. The summed E-state index contributed by atoms with van der Waals surface area (Å²) >= 11 is 0. The van der Waals surface area contributed by atoms with E-state index in [1.807, 2.05) is 0 Å². The minimum absolute atomic E-state index is 0.0267. The van der Waals surface area contributed by atoms with E-state index in [2.05, 4.69) is 0 Å². The zero-order chi connectivity index (χ0) is 17.0. The normalized spacial score (nSPS) is 10.1. The van der Waals surface area contributed by atoms with E-state index in [0.29, 0.717) is 5.75 Å². The zero-order valence-electron chi connectivity index (χ0n) is 13.2. The van der Waals surface area contributed by atoms with Crippen molar-refractivity contribution in [3.8, 4) is 46.0 Å². The Hall–Kier alpha value is -2.96. The molecule has 0 unspecified atom stereocenters. The molecule has 0 saturated carbocycles. The van der Waals surface area contributed by atoms with Gasteiger partial charge in [-0.15, -0.1) is 0 Å². The van der Waals surface area contributed by atoms with E-state index in [9.17, 15) is 10.2 Å². The second-order valence-corrected chi connectivity index (χ2v) is 4.46. The lowest BCUT2D eigenvalue weighted by atomic mass is 10.2. The van der Waals surface area contributed by atoms with Gasteiger partial charge < -0.3 is 33.9 Å². The average Bonchev–Trinajstić information content (AvgIpc) is 2.55. The third kappa shape index (κ3) is 3.28. The van der Waals surface area contributed by atoms with Gasteiger partial charge in [-0.2, -0.15) is 0 Å². The van der Waals surface area contributed by atoms with Gasteiger partial charge in [-0.05, 0) is 0 Å². The highest BCUT2D eigenvalue weighted by molar-refractivity contribution is 5.60. The maximum atomic E-state index is 9.99. The van der Waals surface area contributed by atoms with Crippen LogP contribution in [0.4, 0.5) is 0 Å². The van der Waals surface area contributed by atoms with Gasteiger partial charge in [0.15, 0.2) is 23.0 Å². The maximum Gasteiger partial charge on any atom is 0.211 e. The van der Waals surface area contributed by atoms with Gasteiger partial charge in [-0.3, -0.25) is 0 Å². The van der Waals surface area contributed by atoms with Crippen LogP contribution in [0.25, 0.3) is 0 Å². The van der Waals surface area contributed by atoms with Crippen molar-refractivity contribution < 1.29 is 33.9 Å². The molecule has 7 nitrogen and oxygen atoms in total. The number of aromatic hydroxyl groups is 2. The SMILES string of the molecule is COc1cc(Oc2c(OC)cc(O)cc2OC)cc(O)c1OC. The third-order valence-electron chi connectivity index (χ3n) is 3.10. The fourth-order valence-corrected chi connectivity index (χ4v) is 2.06. The Bertz CT molecular complexity index is 672. The van der Waals surface area contributed by atoms with Crippen LogP contribution in [0.3, 0.4) is 0 Å². The van der Waals surface area contributed by atoms with Crippen LogP contribution < -0.4 is 23.7 Å². The Morgan fingerprint density at radius 1 is 0.652 bits per heavy atom. The van der Waals surface area contributed by atoms with Crippen LogP contribution in [0.15, 0.2) is 24.3 Å². The summed E-state index contributed by atoms with van der Waals surface area (Å²) in [6, 6.07) is 5.69. The smallest absolute Gasteiger partial charge is 0.211 e. The lowest BCUT2D eigenvalue weighted by molar-refractivity contribution is 0.323. The van der Waals surface area contributed by atoms with Crippen molar-refractivity contribution in [1.29, 1.82) is 0 Å². The quantitative estimate of drug-likeness (QED) is 0.845. The molecular formula is C16H18O7. The molecule has 2 N–H and O–H groups in total. The molecule has 0 bridgehead atoms. The summed E-state index contributed by atoms with van der Waals surface area (Å²) in [5, 5.41) is 19.6. The molecule has 0 heterocycles. The van der Waals surface area contributed by atoms with Gasteiger partial charge in [0.1, 0.15) is 11.5 Å². The Morgan fingerprint density at radius 2 is 1.17 bits per heavy atom. The molecule has 0 aliphatic heterocycles. The van der Waals surface area contributed by atoms with Gasteiger partial charge in [-0.25, -0.2) is 0 Å². The minimum atomic E-state index is -0.140. The fraction of sp³-hybridized carbons (Fsp3) is 0.250. The van der Waals surface area contributed by atoms with Crippen LogP contribution >= 0.6 is 0 Å². The van der Waals surface area contributed by atoms with E-state index >= 15 is 0 Å². The molecule has 0 saturated heterocycles. The van der Waals surface area contributed by atoms with Crippen LogP contribution in [-0.4, -0.2) is 38.7 Å². The lowest BCUT2D eigenvalue weighted by Crippen LogP contribution is -1.96. The summed E-state index contributed by atoms with van der Waals surface area (Å²) in [5.74, 6) is 1.41. The molecule has 0 radical (unpaired) electrons. The molecule has 7 heteroatoms. The molecule has 0 spiro atoms. The molecule has 0 aromatic heterocycles. The van der Waals surface area contributed by atoms with Gasteiger partial charge in [-0.1, -0.05) is 0 Å². The van der Waals surface area contributed by atoms with Crippen molar-refractivity contribution in [1.82, 2.24) is 0 Å². The van der Waals surface area contributed by atoms with E-state index in [4.69, 9.17) is 23.7 Å². The summed E-state index contributed by atoms with van der Waals surface area (Å²) < 4.78 is 26.3. The number of phenolic OH excluding ortho intramolecular Hbond substituents is 2. The van der Waals surface area contributed by atoms with Crippen molar-refractivity contribution in [2.24, 2.45) is 0 Å². The van der Waals surface area contributed by atoms with E-state index < -0.39 is 0 Å². The summed E-state index contributed by atoms with van der Waals surface area (Å²) in [5.41, 5.74) is 0. The third-order valence-corrected chi connectivity index (χ3v) is 3.10. The number of hydrogen-bond acceptors (Lipinski definition) is 7. The Labute approximate surface area is 133 Å². The lowest BCUT2D eigenvalue weighted by Gasteiger charge is -2.16. The molecule has 0 fully saturated rings. The first-order valence-electron chi connectivity index (χ1n) is 6.61. The summed E-state index contributed by atoms with van der Waals surface area (Å²) in [4.78, 5) is 0. The van der Waals surface area contributed by atoms with E-state index in [0.717, 1.165) is 0 Å². The highest BCUT2D eigenvalue weighted by Crippen LogP contribution is 2.46. The molecule has 0 aliphatic rings. The Kier molecular flexibility index (Phi) is 4.90. The second kappa shape index (κ2) is 6.87. The molecule has 0 aliphatic carbocycles. The zero-order valence-corrected chi connectivity index (χ0v) is 13.2. The van der Waals surface area contributed by atoms with Crippen molar-refractivity contribution in [3.05, 3.63) is 24.3 Å². The van der Waals surface area contributed by atoms with Gasteiger partial charge in [0.2, 0.25) is 11.5 Å². The minimum Gasteiger partial charge on any atom is -0.508 e. The van der Waals surface area contributed by atoms with Crippen molar-refractivity contribution in [2.45, 2.75) is 0 Å². The highest BCUT2D eigenvalue weighted by atomic mass is 16.5. The predicted octanol–water partition coefficient (Wildman–Crippen LogP) is 2.92. The van der Waals surface area contributed by atoms with Gasteiger partial charge in [0.25, 0.3) is 0 Å². The van der Waals surface area contributed by atoms with E-state index in [1.165, 1.54) is 46.6 Å². The number of rotatable bonds is 6. The van der Waals surface area contributed by atoms with Crippen LogP contribution in [0, 0.1) is 0 Å². The van der Waals surface area contributed by atoms with Gasteiger partial charge in [0, 0.05) is 24.3 Å². The van der Waals surface area contributed by atoms with Crippen molar-refractivity contribution >= 4 is 0 Å². The number of benzene rings is 2. The number of hydrogen-bond donors (Lipinski definition) is 2. The van der Waals surface area contributed by atoms with Crippen molar-refractivity contribution in [2.75, 3.05) is 28.4 Å².